The molecule has 1 amide bonds. The van der Waals surface area contributed by atoms with Gasteiger partial charge in [-0.1, -0.05) is 6.92 Å². The fraction of sp³-hybridized carbons (Fsp3) is 0.273. The standard InChI is InChI=1S/C22H23N7O7/c1-2-15(30)36-16(31)8-7-14(21(34)35)27-19(32)11-3-5-12(6-4-11)24-9-13-10-25-18-17(26-13)20(33)29-22(23)28-18/h3-6,10,14,24H,2,7-9H2,1H3,(H,27,32)(H,34,35)(H3,23,25,28,29,33)/t14-/m0/s1. The zero-order valence-corrected chi connectivity index (χ0v) is 19.1. The number of nitrogens with one attached hydrogen (secondary N) is 3. The van der Waals surface area contributed by atoms with Crippen LogP contribution in [0.3, 0.4) is 0 Å². The van der Waals surface area contributed by atoms with Crippen LogP contribution in [0.1, 0.15) is 42.2 Å². The lowest BCUT2D eigenvalue weighted by molar-refractivity contribution is -0.159. The number of nitrogens with zero attached hydrogens (tertiary/aromatic N) is 3. The van der Waals surface area contributed by atoms with Gasteiger partial charge in [-0.05, 0) is 30.7 Å². The van der Waals surface area contributed by atoms with Crippen molar-refractivity contribution in [3.05, 3.63) is 52.1 Å². The molecule has 3 rings (SSSR count). The highest BCUT2D eigenvalue weighted by Gasteiger charge is 2.22. The lowest BCUT2D eigenvalue weighted by Crippen LogP contribution is -2.41. The van der Waals surface area contributed by atoms with Gasteiger partial charge in [0.05, 0.1) is 18.4 Å². The number of hydrogen-bond donors (Lipinski definition) is 5. The van der Waals surface area contributed by atoms with Gasteiger partial charge in [-0.15, -0.1) is 0 Å². The van der Waals surface area contributed by atoms with Crippen molar-refractivity contribution in [1.29, 1.82) is 0 Å². The SMILES string of the molecule is CCC(=O)OC(=O)CC[C@H](NC(=O)c1ccc(NCc2cnc3nc(N)[nH]c(=O)c3n2)cc1)C(=O)O. The summed E-state index contributed by atoms with van der Waals surface area (Å²) in [5.41, 5.74) is 6.43. The minimum absolute atomic E-state index is 0.0121. The Bertz CT molecular complexity index is 1360. The van der Waals surface area contributed by atoms with E-state index in [4.69, 9.17) is 5.73 Å². The van der Waals surface area contributed by atoms with E-state index >= 15 is 0 Å². The van der Waals surface area contributed by atoms with Gasteiger partial charge < -0.3 is 26.2 Å². The Labute approximate surface area is 203 Å². The van der Waals surface area contributed by atoms with Gasteiger partial charge in [0.1, 0.15) is 6.04 Å². The highest BCUT2D eigenvalue weighted by Crippen LogP contribution is 2.12. The van der Waals surface area contributed by atoms with Crippen LogP contribution >= 0.6 is 0 Å². The largest absolute Gasteiger partial charge is 0.480 e. The average Bonchev–Trinajstić information content (AvgIpc) is 2.85. The third-order valence-electron chi connectivity index (χ3n) is 4.86. The first kappa shape index (κ1) is 25.7. The summed E-state index contributed by atoms with van der Waals surface area (Å²) in [7, 11) is 0. The summed E-state index contributed by atoms with van der Waals surface area (Å²) in [6.45, 7) is 1.74. The first-order chi connectivity index (χ1) is 17.2. The van der Waals surface area contributed by atoms with Crippen molar-refractivity contribution in [1.82, 2.24) is 25.3 Å². The molecule has 2 heterocycles. The number of H-pyrrole nitrogens is 1. The van der Waals surface area contributed by atoms with Crippen molar-refractivity contribution in [2.75, 3.05) is 11.1 Å². The van der Waals surface area contributed by atoms with E-state index in [-0.39, 0.29) is 48.5 Å². The highest BCUT2D eigenvalue weighted by molar-refractivity contribution is 5.97. The molecule has 2 aromatic heterocycles. The second kappa shape index (κ2) is 11.5. The van der Waals surface area contributed by atoms with E-state index in [0.29, 0.717) is 11.4 Å². The molecule has 1 aromatic carbocycles. The number of carboxylic acid groups (broad SMARTS) is 1. The molecule has 0 radical (unpaired) electrons. The molecule has 0 saturated heterocycles. The van der Waals surface area contributed by atoms with Crippen LogP contribution in [0.5, 0.6) is 0 Å². The van der Waals surface area contributed by atoms with Crippen LogP contribution < -0.4 is 21.9 Å². The molecule has 0 aliphatic carbocycles. The molecule has 0 aliphatic heterocycles. The van der Waals surface area contributed by atoms with Crippen molar-refractivity contribution in [2.24, 2.45) is 0 Å². The number of rotatable bonds is 10. The number of aromatic nitrogens is 4. The van der Waals surface area contributed by atoms with Gasteiger partial charge >= 0.3 is 17.9 Å². The van der Waals surface area contributed by atoms with Gasteiger partial charge in [0.15, 0.2) is 11.2 Å². The molecule has 36 heavy (non-hydrogen) atoms. The maximum atomic E-state index is 12.5. The Kier molecular flexibility index (Phi) is 8.22. The van der Waals surface area contributed by atoms with Crippen molar-refractivity contribution in [3.8, 4) is 0 Å². The van der Waals surface area contributed by atoms with E-state index in [1.54, 1.807) is 12.1 Å². The zero-order valence-electron chi connectivity index (χ0n) is 19.1. The number of fused-ring (bicyclic) bond motifs is 1. The summed E-state index contributed by atoms with van der Waals surface area (Å²) in [5.74, 6) is -3.62. The number of carboxylic acids is 1. The molecule has 1 atom stereocenters. The number of amides is 1. The molecule has 14 heteroatoms. The van der Waals surface area contributed by atoms with E-state index in [0.717, 1.165) is 0 Å². The molecular formula is C22H23N7O7. The lowest BCUT2D eigenvalue weighted by Gasteiger charge is -2.14. The summed E-state index contributed by atoms with van der Waals surface area (Å²) in [6.07, 6.45) is 0.869. The predicted octanol–water partition coefficient (Wildman–Crippen LogP) is 0.350. The number of hydrogen-bond acceptors (Lipinski definition) is 11. The molecule has 0 aliphatic rings. The lowest BCUT2D eigenvalue weighted by atomic mass is 10.1. The zero-order chi connectivity index (χ0) is 26.2. The van der Waals surface area contributed by atoms with Crippen molar-refractivity contribution in [2.45, 2.75) is 38.8 Å². The second-order valence-electron chi connectivity index (χ2n) is 7.52. The Morgan fingerprint density at radius 1 is 1.14 bits per heavy atom. The van der Waals surface area contributed by atoms with Gasteiger partial charge in [-0.25, -0.2) is 14.8 Å². The summed E-state index contributed by atoms with van der Waals surface area (Å²) in [6, 6.07) is 4.81. The first-order valence-electron chi connectivity index (χ1n) is 10.8. The van der Waals surface area contributed by atoms with Crippen LogP contribution in [-0.2, 0) is 25.7 Å². The van der Waals surface area contributed by atoms with Crippen LogP contribution in [0.15, 0.2) is 35.3 Å². The summed E-state index contributed by atoms with van der Waals surface area (Å²) >= 11 is 0. The quantitative estimate of drug-likeness (QED) is 0.189. The van der Waals surface area contributed by atoms with Gasteiger partial charge in [-0.2, -0.15) is 4.98 Å². The van der Waals surface area contributed by atoms with Crippen LogP contribution in [-0.4, -0.2) is 54.9 Å². The fourth-order valence-electron chi connectivity index (χ4n) is 3.00. The smallest absolute Gasteiger partial charge is 0.326 e. The minimum Gasteiger partial charge on any atom is -0.480 e. The number of anilines is 2. The van der Waals surface area contributed by atoms with Gasteiger partial charge in [0.25, 0.3) is 11.5 Å². The molecular weight excluding hydrogens is 474 g/mol. The van der Waals surface area contributed by atoms with Gasteiger partial charge in [0, 0.05) is 24.1 Å². The minimum atomic E-state index is -1.35. The molecule has 0 saturated carbocycles. The van der Waals surface area contributed by atoms with E-state index in [2.05, 4.69) is 35.3 Å². The number of benzene rings is 1. The van der Waals surface area contributed by atoms with Crippen molar-refractivity contribution in [3.63, 3.8) is 0 Å². The van der Waals surface area contributed by atoms with Crippen molar-refractivity contribution < 1.29 is 29.0 Å². The van der Waals surface area contributed by atoms with Crippen LogP contribution in [0.25, 0.3) is 11.2 Å². The number of nitrogens with two attached hydrogens (primary N) is 1. The number of nitrogen functional groups attached to an aromatic ring is 1. The molecule has 0 spiro atoms. The Morgan fingerprint density at radius 2 is 1.86 bits per heavy atom. The average molecular weight is 497 g/mol. The summed E-state index contributed by atoms with van der Waals surface area (Å²) in [5, 5.41) is 14.8. The number of carbonyl (C=O) groups excluding carboxylic acids is 3. The Hall–Kier alpha value is -4.88. The summed E-state index contributed by atoms with van der Waals surface area (Å²) < 4.78 is 4.50. The van der Waals surface area contributed by atoms with Gasteiger partial charge in [0.2, 0.25) is 5.95 Å². The van der Waals surface area contributed by atoms with Crippen LogP contribution in [0, 0.1) is 0 Å². The molecule has 0 fully saturated rings. The Balaban J connectivity index is 1.57. The highest BCUT2D eigenvalue weighted by atomic mass is 16.6. The normalized spacial score (nSPS) is 11.5. The molecule has 3 aromatic rings. The summed E-state index contributed by atoms with van der Waals surface area (Å²) in [4.78, 5) is 73.2. The first-order valence-corrected chi connectivity index (χ1v) is 10.8. The van der Waals surface area contributed by atoms with E-state index in [9.17, 15) is 29.1 Å². The third-order valence-corrected chi connectivity index (χ3v) is 4.86. The third kappa shape index (κ3) is 6.82. The predicted molar refractivity (Wildman–Crippen MR) is 126 cm³/mol. The Morgan fingerprint density at radius 3 is 2.53 bits per heavy atom. The molecule has 6 N–H and O–H groups in total. The monoisotopic (exact) mass is 497 g/mol. The van der Waals surface area contributed by atoms with Crippen molar-refractivity contribution >= 4 is 46.6 Å². The molecule has 0 bridgehead atoms. The maximum Gasteiger partial charge on any atom is 0.326 e. The number of ether oxygens (including phenoxy) is 1. The molecule has 14 nitrogen and oxygen atoms in total. The fourth-order valence-corrected chi connectivity index (χ4v) is 3.00. The van der Waals surface area contributed by atoms with Gasteiger partial charge in [-0.3, -0.25) is 24.2 Å². The van der Waals surface area contributed by atoms with Crippen LogP contribution in [0.2, 0.25) is 0 Å². The number of aromatic amines is 1. The van der Waals surface area contributed by atoms with E-state index < -0.39 is 35.4 Å². The number of aliphatic carboxylic acids is 1. The number of esters is 2. The molecule has 0 unspecified atom stereocenters. The number of carbonyl (C=O) groups is 4. The molecule has 188 valence electrons. The van der Waals surface area contributed by atoms with E-state index in [1.807, 2.05) is 0 Å². The second-order valence-corrected chi connectivity index (χ2v) is 7.52. The maximum absolute atomic E-state index is 12.5. The topological polar surface area (TPSA) is 219 Å². The van der Waals surface area contributed by atoms with Crippen LogP contribution in [0.4, 0.5) is 11.6 Å². The van der Waals surface area contributed by atoms with E-state index in [1.165, 1.54) is 25.3 Å².